The maximum Gasteiger partial charge on any atom is 0.119 e. The van der Waals surface area contributed by atoms with Gasteiger partial charge in [-0.1, -0.05) is 62.4 Å². The second kappa shape index (κ2) is 11.6. The van der Waals surface area contributed by atoms with Gasteiger partial charge in [0.25, 0.3) is 0 Å². The lowest BCUT2D eigenvalue weighted by molar-refractivity contribution is 0.306. The summed E-state index contributed by atoms with van der Waals surface area (Å²) in [6.07, 6.45) is 0. The Bertz CT molecular complexity index is 333. The summed E-state index contributed by atoms with van der Waals surface area (Å²) in [7, 11) is 0.500. The Hall–Kier alpha value is -1.83. The molecular weight excluding hydrogens is 227 g/mol. The van der Waals surface area contributed by atoms with Crippen LogP contribution >= 0.6 is 0 Å². The van der Waals surface area contributed by atoms with Crippen LogP contribution in [0.1, 0.15) is 19.4 Å². The zero-order chi connectivity index (χ0) is 13.6. The van der Waals surface area contributed by atoms with Crippen LogP contribution in [0.5, 0.6) is 5.75 Å². The Morgan fingerprint density at radius 3 is 1.72 bits per heavy atom. The van der Waals surface area contributed by atoms with Crippen molar-refractivity contribution in [3.8, 4) is 5.75 Å². The lowest BCUT2D eigenvalue weighted by atomic mass is 10.2. The lowest BCUT2D eigenvalue weighted by Crippen LogP contribution is -1.94. The molecule has 0 spiro atoms. The van der Waals surface area contributed by atoms with Gasteiger partial charge in [0.15, 0.2) is 0 Å². The zero-order valence-corrected chi connectivity index (χ0v) is 11.3. The Morgan fingerprint density at radius 1 is 0.778 bits per heavy atom. The number of hydrogen-bond acceptors (Lipinski definition) is 1. The first-order chi connectivity index (χ1) is 8.95. The average molecular weight is 248 g/mol. The van der Waals surface area contributed by atoms with Crippen molar-refractivity contribution in [2.45, 2.75) is 20.5 Å². The minimum atomic E-state index is 0.500. The van der Waals surface area contributed by atoms with Crippen LogP contribution in [0.2, 0.25) is 0 Å². The highest BCUT2D eigenvalue weighted by atomic mass is 19.1. The monoisotopic (exact) mass is 248 g/mol. The van der Waals surface area contributed by atoms with Crippen LogP contribution in [0, 0.1) is 0 Å². The van der Waals surface area contributed by atoms with Crippen molar-refractivity contribution in [3.63, 3.8) is 0 Å². The Kier molecular flexibility index (Phi) is 10.5. The summed E-state index contributed by atoms with van der Waals surface area (Å²) in [5, 5.41) is 0. The minimum absolute atomic E-state index is 0.500. The van der Waals surface area contributed by atoms with E-state index in [0.717, 1.165) is 5.75 Å². The highest BCUT2D eigenvalue weighted by Crippen LogP contribution is 2.10. The summed E-state index contributed by atoms with van der Waals surface area (Å²) in [6, 6.07) is 20.0. The van der Waals surface area contributed by atoms with Crippen LogP contribution in [0.4, 0.5) is 4.39 Å². The van der Waals surface area contributed by atoms with Crippen molar-refractivity contribution in [2.75, 3.05) is 7.18 Å². The van der Waals surface area contributed by atoms with E-state index in [0.29, 0.717) is 13.8 Å². The second-order valence-corrected chi connectivity index (χ2v) is 3.09. The van der Waals surface area contributed by atoms with E-state index < -0.39 is 0 Å². The standard InChI is InChI=1S/C13H12O.C2H6.CH3F/c1-3-7-12(8-4-1)11-14-13-9-5-2-6-10-13;2*1-2/h1-10H,11H2;1-2H3;1H3. The molecule has 0 heterocycles. The van der Waals surface area contributed by atoms with Crippen LogP contribution in [0.3, 0.4) is 0 Å². The summed E-state index contributed by atoms with van der Waals surface area (Å²) in [5.41, 5.74) is 1.19. The van der Waals surface area contributed by atoms with Gasteiger partial charge < -0.3 is 4.74 Å². The van der Waals surface area contributed by atoms with E-state index in [4.69, 9.17) is 4.74 Å². The molecule has 0 unspecified atom stereocenters. The number of para-hydroxylation sites is 1. The lowest BCUT2D eigenvalue weighted by Gasteiger charge is -2.05. The van der Waals surface area contributed by atoms with Crippen molar-refractivity contribution in [1.82, 2.24) is 0 Å². The smallest absolute Gasteiger partial charge is 0.119 e. The van der Waals surface area contributed by atoms with E-state index in [9.17, 15) is 4.39 Å². The van der Waals surface area contributed by atoms with E-state index in [-0.39, 0.29) is 0 Å². The molecule has 2 heteroatoms. The second-order valence-electron chi connectivity index (χ2n) is 3.09. The molecule has 0 fully saturated rings. The molecule has 0 radical (unpaired) electrons. The molecule has 0 aliphatic carbocycles. The number of ether oxygens (including phenoxy) is 1. The van der Waals surface area contributed by atoms with Crippen LogP contribution in [-0.4, -0.2) is 7.18 Å². The van der Waals surface area contributed by atoms with E-state index in [1.54, 1.807) is 0 Å². The van der Waals surface area contributed by atoms with Gasteiger partial charge in [0, 0.05) is 0 Å². The third-order valence-corrected chi connectivity index (χ3v) is 1.99. The van der Waals surface area contributed by atoms with Gasteiger partial charge >= 0.3 is 0 Å². The van der Waals surface area contributed by atoms with Crippen LogP contribution < -0.4 is 4.74 Å². The van der Waals surface area contributed by atoms with Crippen molar-refractivity contribution >= 4 is 0 Å². The number of hydrogen-bond donors (Lipinski definition) is 0. The first-order valence-electron chi connectivity index (χ1n) is 6.05. The number of benzene rings is 2. The van der Waals surface area contributed by atoms with Crippen LogP contribution in [-0.2, 0) is 6.61 Å². The zero-order valence-electron chi connectivity index (χ0n) is 11.3. The van der Waals surface area contributed by atoms with Crippen molar-refractivity contribution in [2.24, 2.45) is 0 Å². The van der Waals surface area contributed by atoms with Gasteiger partial charge in [0.1, 0.15) is 12.4 Å². The SMILES string of the molecule is CC.CF.c1ccc(COc2ccccc2)cc1. The molecule has 0 aliphatic heterocycles. The molecule has 2 rings (SSSR count). The topological polar surface area (TPSA) is 9.23 Å². The first kappa shape index (κ1) is 16.2. The molecule has 0 N–H and O–H groups in total. The molecule has 0 bridgehead atoms. The molecule has 98 valence electrons. The molecule has 0 amide bonds. The van der Waals surface area contributed by atoms with E-state index in [2.05, 4.69) is 12.1 Å². The van der Waals surface area contributed by atoms with Crippen LogP contribution in [0.25, 0.3) is 0 Å². The molecule has 0 aromatic heterocycles. The fourth-order valence-corrected chi connectivity index (χ4v) is 1.26. The predicted molar refractivity (Wildman–Crippen MR) is 75.6 cm³/mol. The fourth-order valence-electron chi connectivity index (χ4n) is 1.26. The Morgan fingerprint density at radius 2 is 1.22 bits per heavy atom. The van der Waals surface area contributed by atoms with E-state index in [1.807, 2.05) is 62.4 Å². The molecule has 1 nitrogen and oxygen atoms in total. The molecule has 2 aromatic carbocycles. The highest BCUT2D eigenvalue weighted by Gasteiger charge is 1.92. The van der Waals surface area contributed by atoms with Gasteiger partial charge in [0.05, 0.1) is 7.18 Å². The number of alkyl halides is 1. The average Bonchev–Trinajstić information content (AvgIpc) is 2.51. The summed E-state index contributed by atoms with van der Waals surface area (Å²) < 4.78 is 15.1. The van der Waals surface area contributed by atoms with Gasteiger partial charge in [0.2, 0.25) is 0 Å². The fraction of sp³-hybridized carbons (Fsp3) is 0.250. The number of rotatable bonds is 3. The maximum atomic E-state index is 9.50. The van der Waals surface area contributed by atoms with E-state index in [1.165, 1.54) is 5.56 Å². The molecule has 0 aliphatic rings. The Labute approximate surface area is 109 Å². The van der Waals surface area contributed by atoms with Crippen molar-refractivity contribution in [3.05, 3.63) is 66.2 Å². The minimum Gasteiger partial charge on any atom is -0.489 e. The van der Waals surface area contributed by atoms with E-state index >= 15 is 0 Å². The molecule has 2 aromatic rings. The van der Waals surface area contributed by atoms with Crippen LogP contribution in [0.15, 0.2) is 60.7 Å². The number of halogens is 1. The Balaban J connectivity index is 0.000000659. The highest BCUT2D eigenvalue weighted by molar-refractivity contribution is 5.22. The summed E-state index contributed by atoms with van der Waals surface area (Å²) in [6.45, 7) is 4.63. The molecule has 0 atom stereocenters. The van der Waals surface area contributed by atoms with Gasteiger partial charge in [-0.05, 0) is 17.7 Å². The third-order valence-electron chi connectivity index (χ3n) is 1.99. The van der Waals surface area contributed by atoms with Gasteiger partial charge in [-0.25, -0.2) is 0 Å². The third kappa shape index (κ3) is 6.69. The van der Waals surface area contributed by atoms with Gasteiger partial charge in [-0.2, -0.15) is 0 Å². The summed E-state index contributed by atoms with van der Waals surface area (Å²) in [4.78, 5) is 0. The largest absolute Gasteiger partial charge is 0.489 e. The molecule has 0 saturated carbocycles. The van der Waals surface area contributed by atoms with Gasteiger partial charge in [-0.15, -0.1) is 0 Å². The van der Waals surface area contributed by atoms with Gasteiger partial charge in [-0.3, -0.25) is 4.39 Å². The summed E-state index contributed by atoms with van der Waals surface area (Å²) in [5.74, 6) is 0.913. The first-order valence-corrected chi connectivity index (χ1v) is 6.05. The quantitative estimate of drug-likeness (QED) is 0.752. The molecular formula is C16H21FO. The summed E-state index contributed by atoms with van der Waals surface area (Å²) >= 11 is 0. The normalized spacial score (nSPS) is 8.22. The van der Waals surface area contributed by atoms with Crippen molar-refractivity contribution in [1.29, 1.82) is 0 Å². The van der Waals surface area contributed by atoms with Crippen molar-refractivity contribution < 1.29 is 9.13 Å². The predicted octanol–water partition coefficient (Wildman–Crippen LogP) is 4.88. The molecule has 18 heavy (non-hydrogen) atoms. The molecule has 0 saturated heterocycles. The maximum absolute atomic E-state index is 9.50.